The van der Waals surface area contributed by atoms with E-state index in [0.29, 0.717) is 28.3 Å². The van der Waals surface area contributed by atoms with E-state index in [-0.39, 0.29) is 12.3 Å². The normalized spacial score (nSPS) is 10.3. The minimum absolute atomic E-state index is 0.0607. The summed E-state index contributed by atoms with van der Waals surface area (Å²) < 4.78 is 10.4. The molecule has 8 nitrogen and oxygen atoms in total. The van der Waals surface area contributed by atoms with Gasteiger partial charge in [-0.2, -0.15) is 5.26 Å². The molecule has 2 aromatic carbocycles. The number of hydrogen-bond acceptors (Lipinski definition) is 6. The molecule has 0 saturated heterocycles. The minimum atomic E-state index is -0.497. The molecule has 8 heteroatoms. The van der Waals surface area contributed by atoms with Crippen LogP contribution in [0.3, 0.4) is 0 Å². The van der Waals surface area contributed by atoms with Gasteiger partial charge in [-0.3, -0.25) is 14.9 Å². The van der Waals surface area contributed by atoms with E-state index in [0.717, 1.165) is 0 Å². The lowest BCUT2D eigenvalue weighted by molar-refractivity contribution is -0.385. The smallest absolute Gasteiger partial charge is 0.274 e. The van der Waals surface area contributed by atoms with Gasteiger partial charge < -0.3 is 14.8 Å². The predicted octanol–water partition coefficient (Wildman–Crippen LogP) is 3.47. The number of nitrogens with one attached hydrogen (secondary N) is 1. The van der Waals surface area contributed by atoms with Crippen LogP contribution in [0.25, 0.3) is 6.08 Å². The molecule has 0 heterocycles. The molecule has 0 spiro atoms. The van der Waals surface area contributed by atoms with Gasteiger partial charge in [0.2, 0.25) is 5.91 Å². The molecule has 0 aliphatic carbocycles. The lowest BCUT2D eigenvalue weighted by atomic mass is 10.1. The van der Waals surface area contributed by atoms with Crippen LogP contribution in [-0.4, -0.2) is 24.5 Å². The number of hydrogen-bond donors (Lipinski definition) is 1. The van der Waals surface area contributed by atoms with Crippen LogP contribution >= 0.6 is 0 Å². The lowest BCUT2D eigenvalue weighted by Crippen LogP contribution is -2.09. The maximum Gasteiger partial charge on any atom is 0.274 e. The van der Waals surface area contributed by atoms with Crippen molar-refractivity contribution in [3.8, 4) is 17.6 Å². The first-order valence-electron chi connectivity index (χ1n) is 7.87. The average Bonchev–Trinajstić information content (AvgIpc) is 2.66. The minimum Gasteiger partial charge on any atom is -0.493 e. The highest BCUT2D eigenvalue weighted by molar-refractivity contribution is 6.02. The van der Waals surface area contributed by atoms with E-state index in [1.165, 1.54) is 25.3 Å². The Morgan fingerprint density at radius 3 is 2.78 bits per heavy atom. The van der Waals surface area contributed by atoms with Crippen LogP contribution in [0.1, 0.15) is 11.1 Å². The number of ether oxygens (including phenoxy) is 2. The zero-order chi connectivity index (χ0) is 19.8. The maximum atomic E-state index is 12.1. The second-order valence-corrected chi connectivity index (χ2v) is 5.39. The van der Waals surface area contributed by atoms with Gasteiger partial charge in [-0.05, 0) is 36.8 Å². The fourth-order valence-electron chi connectivity index (χ4n) is 2.32. The van der Waals surface area contributed by atoms with Gasteiger partial charge in [-0.15, -0.1) is 0 Å². The molecular weight excluding hydrogens is 350 g/mol. The Kier molecular flexibility index (Phi) is 6.49. The number of methoxy groups -OCH3 is 1. The number of nitro benzene ring substituents is 1. The van der Waals surface area contributed by atoms with Crippen LogP contribution < -0.4 is 14.8 Å². The van der Waals surface area contributed by atoms with E-state index in [9.17, 15) is 14.9 Å². The Labute approximate surface area is 155 Å². The molecule has 1 N–H and O–H groups in total. The van der Waals surface area contributed by atoms with Gasteiger partial charge >= 0.3 is 0 Å². The van der Waals surface area contributed by atoms with Crippen LogP contribution in [0.2, 0.25) is 0 Å². The van der Waals surface area contributed by atoms with Gasteiger partial charge in [-0.1, -0.05) is 12.1 Å². The molecule has 0 saturated carbocycles. The number of nitro groups is 1. The molecule has 1 amide bonds. The molecule has 0 bridgehead atoms. The SMILES string of the molecule is COc1cc(/C=C/C(=O)Nc2cccc([N+](=O)[O-])c2C)ccc1OCC#N. The number of nitriles is 1. The van der Waals surface area contributed by atoms with Gasteiger partial charge in [-0.25, -0.2) is 0 Å². The van der Waals surface area contributed by atoms with Crippen molar-refractivity contribution in [3.05, 3.63) is 63.7 Å². The molecule has 2 rings (SSSR count). The molecule has 0 aromatic heterocycles. The molecule has 138 valence electrons. The number of carbonyl (C=O) groups is 1. The first-order chi connectivity index (χ1) is 13.0. The van der Waals surface area contributed by atoms with Crippen LogP contribution in [-0.2, 0) is 4.79 Å². The zero-order valence-corrected chi connectivity index (χ0v) is 14.8. The summed E-state index contributed by atoms with van der Waals surface area (Å²) in [7, 11) is 1.47. The van der Waals surface area contributed by atoms with Gasteiger partial charge in [0.05, 0.1) is 23.3 Å². The molecule has 0 radical (unpaired) electrons. The van der Waals surface area contributed by atoms with E-state index < -0.39 is 10.8 Å². The quantitative estimate of drug-likeness (QED) is 0.455. The Morgan fingerprint density at radius 1 is 1.33 bits per heavy atom. The fourth-order valence-corrected chi connectivity index (χ4v) is 2.32. The zero-order valence-electron chi connectivity index (χ0n) is 14.8. The number of anilines is 1. The molecule has 0 fully saturated rings. The van der Waals surface area contributed by atoms with Gasteiger partial charge in [0, 0.05) is 12.1 Å². The van der Waals surface area contributed by atoms with E-state index in [1.54, 1.807) is 37.3 Å². The topological polar surface area (TPSA) is 114 Å². The van der Waals surface area contributed by atoms with Crippen LogP contribution in [0.5, 0.6) is 11.5 Å². The van der Waals surface area contributed by atoms with Crippen molar-refractivity contribution in [2.45, 2.75) is 6.92 Å². The largest absolute Gasteiger partial charge is 0.493 e. The van der Waals surface area contributed by atoms with Crippen molar-refractivity contribution < 1.29 is 19.2 Å². The summed E-state index contributed by atoms with van der Waals surface area (Å²) >= 11 is 0. The van der Waals surface area contributed by atoms with E-state index in [1.807, 2.05) is 6.07 Å². The van der Waals surface area contributed by atoms with Crippen molar-refractivity contribution in [1.29, 1.82) is 5.26 Å². The summed E-state index contributed by atoms with van der Waals surface area (Å²) in [4.78, 5) is 22.6. The highest BCUT2D eigenvalue weighted by atomic mass is 16.6. The Morgan fingerprint density at radius 2 is 2.11 bits per heavy atom. The number of rotatable bonds is 7. The van der Waals surface area contributed by atoms with Gasteiger partial charge in [0.15, 0.2) is 18.1 Å². The molecular formula is C19H17N3O5. The monoisotopic (exact) mass is 367 g/mol. The molecule has 0 aliphatic rings. The van der Waals surface area contributed by atoms with E-state index in [4.69, 9.17) is 14.7 Å². The predicted molar refractivity (Wildman–Crippen MR) is 99.6 cm³/mol. The molecule has 2 aromatic rings. The Balaban J connectivity index is 2.12. The Bertz CT molecular complexity index is 931. The van der Waals surface area contributed by atoms with Crippen molar-refractivity contribution in [2.24, 2.45) is 0 Å². The lowest BCUT2D eigenvalue weighted by Gasteiger charge is -2.09. The van der Waals surface area contributed by atoms with E-state index >= 15 is 0 Å². The standard InChI is InChI=1S/C19H17N3O5/c1-13-15(4-3-5-16(13)22(24)25)21-19(23)9-7-14-6-8-17(27-11-10-20)18(12-14)26-2/h3-9,12H,11H2,1-2H3,(H,21,23)/b9-7+. The third-order valence-electron chi connectivity index (χ3n) is 3.67. The highest BCUT2D eigenvalue weighted by Gasteiger charge is 2.14. The third kappa shape index (κ3) is 5.06. The van der Waals surface area contributed by atoms with E-state index in [2.05, 4.69) is 5.32 Å². The van der Waals surface area contributed by atoms with Crippen molar-refractivity contribution in [3.63, 3.8) is 0 Å². The second-order valence-electron chi connectivity index (χ2n) is 5.39. The van der Waals surface area contributed by atoms with Crippen molar-refractivity contribution in [2.75, 3.05) is 19.0 Å². The second kappa shape index (κ2) is 9.01. The summed E-state index contributed by atoms with van der Waals surface area (Å²) in [5.41, 5.74) is 1.37. The van der Waals surface area contributed by atoms with Crippen LogP contribution in [0.4, 0.5) is 11.4 Å². The van der Waals surface area contributed by atoms with Gasteiger partial charge in [0.25, 0.3) is 5.69 Å². The first kappa shape index (κ1) is 19.5. The van der Waals surface area contributed by atoms with Crippen LogP contribution in [0, 0.1) is 28.4 Å². The highest BCUT2D eigenvalue weighted by Crippen LogP contribution is 2.28. The molecule has 0 aliphatic heterocycles. The maximum absolute atomic E-state index is 12.1. The molecule has 27 heavy (non-hydrogen) atoms. The third-order valence-corrected chi connectivity index (χ3v) is 3.67. The number of amides is 1. The van der Waals surface area contributed by atoms with Crippen molar-refractivity contribution in [1.82, 2.24) is 0 Å². The van der Waals surface area contributed by atoms with Crippen molar-refractivity contribution >= 4 is 23.4 Å². The molecule has 0 unspecified atom stereocenters. The fraction of sp³-hybridized carbons (Fsp3) is 0.158. The number of nitrogens with zero attached hydrogens (tertiary/aromatic N) is 2. The Hall–Kier alpha value is -3.86. The van der Waals surface area contributed by atoms with Crippen LogP contribution in [0.15, 0.2) is 42.5 Å². The van der Waals surface area contributed by atoms with Gasteiger partial charge in [0.1, 0.15) is 6.07 Å². The summed E-state index contributed by atoms with van der Waals surface area (Å²) in [6, 6.07) is 11.4. The summed E-state index contributed by atoms with van der Waals surface area (Å²) in [6.07, 6.45) is 2.88. The summed E-state index contributed by atoms with van der Waals surface area (Å²) in [6.45, 7) is 1.47. The summed E-state index contributed by atoms with van der Waals surface area (Å²) in [5.74, 6) is 0.428. The average molecular weight is 367 g/mol. The first-order valence-corrected chi connectivity index (χ1v) is 7.87. The molecule has 0 atom stereocenters. The number of benzene rings is 2. The number of carbonyl (C=O) groups excluding carboxylic acids is 1. The summed E-state index contributed by atoms with van der Waals surface area (Å²) in [5, 5.41) is 22.2.